The van der Waals surface area contributed by atoms with Crippen LogP contribution in [0.15, 0.2) is 30.3 Å². The van der Waals surface area contributed by atoms with Gasteiger partial charge in [0, 0.05) is 12.2 Å². The predicted octanol–water partition coefficient (Wildman–Crippen LogP) is 6.12. The van der Waals surface area contributed by atoms with Gasteiger partial charge in [0.15, 0.2) is 11.5 Å². The summed E-state index contributed by atoms with van der Waals surface area (Å²) >= 11 is 0. The molecule has 2 aromatic carbocycles. The Kier molecular flexibility index (Phi) is 10.9. The number of carbonyl (C=O) groups excluding carboxylic acids is 3. The Morgan fingerprint density at radius 2 is 1.63 bits per heavy atom. The van der Waals surface area contributed by atoms with Gasteiger partial charge in [0.2, 0.25) is 5.91 Å². The second kappa shape index (κ2) is 14.4. The largest absolute Gasteiger partial charge is 0.493 e. The lowest BCUT2D eigenvalue weighted by Crippen LogP contribution is -2.38. The van der Waals surface area contributed by atoms with Crippen molar-refractivity contribution < 1.29 is 32.3 Å². The van der Waals surface area contributed by atoms with Crippen molar-refractivity contribution in [1.82, 2.24) is 4.90 Å². The maximum Gasteiger partial charge on any atom is 0.264 e. The first kappa shape index (κ1) is 32.5. The number of sulfone groups is 1. The number of benzene rings is 2. The minimum absolute atomic E-state index is 0.0967. The smallest absolute Gasteiger partial charge is 0.264 e. The van der Waals surface area contributed by atoms with Crippen molar-refractivity contribution in [3.63, 3.8) is 0 Å². The zero-order valence-corrected chi connectivity index (χ0v) is 26.6. The lowest BCUT2D eigenvalue weighted by atomic mass is 9.96. The molecule has 0 aromatic heterocycles. The van der Waals surface area contributed by atoms with E-state index in [4.69, 9.17) is 9.47 Å². The Bertz CT molecular complexity index is 1450. The van der Waals surface area contributed by atoms with Crippen molar-refractivity contribution in [1.29, 1.82) is 0 Å². The van der Waals surface area contributed by atoms with Crippen LogP contribution in [0, 0.1) is 5.92 Å². The number of unbranched alkanes of at least 4 members (excludes halogenated alkanes) is 6. The summed E-state index contributed by atoms with van der Waals surface area (Å²) in [5.41, 5.74) is 1.84. The van der Waals surface area contributed by atoms with Crippen LogP contribution in [0.3, 0.4) is 0 Å². The fourth-order valence-corrected chi connectivity index (χ4v) is 6.58. The van der Waals surface area contributed by atoms with Crippen LogP contribution in [0.5, 0.6) is 11.5 Å². The van der Waals surface area contributed by atoms with Crippen molar-refractivity contribution in [3.05, 3.63) is 52.6 Å². The SMILES string of the molecule is CCCCCCCCCc1ccc(NC(=O)C2CC2)c2c1C(=O)N([C@H](CS(C)(=O)=O)c1ccc(OC)c(OCC)c1)C2=O. The van der Waals surface area contributed by atoms with Gasteiger partial charge >= 0.3 is 0 Å². The number of nitrogens with zero attached hydrogens (tertiary/aromatic N) is 1. The molecule has 1 fully saturated rings. The van der Waals surface area contributed by atoms with E-state index < -0.39 is 33.4 Å². The predicted molar refractivity (Wildman–Crippen MR) is 167 cm³/mol. The highest BCUT2D eigenvalue weighted by molar-refractivity contribution is 7.90. The fourth-order valence-electron chi connectivity index (χ4n) is 5.67. The Morgan fingerprint density at radius 3 is 2.26 bits per heavy atom. The molecular weight excluding hydrogens is 568 g/mol. The van der Waals surface area contributed by atoms with Crippen LogP contribution in [0.2, 0.25) is 0 Å². The van der Waals surface area contributed by atoms with Gasteiger partial charge < -0.3 is 14.8 Å². The first-order valence-electron chi connectivity index (χ1n) is 15.4. The molecule has 0 saturated heterocycles. The van der Waals surface area contributed by atoms with Gasteiger partial charge in [-0.2, -0.15) is 0 Å². The zero-order chi connectivity index (χ0) is 31.1. The van der Waals surface area contributed by atoms with E-state index in [1.165, 1.54) is 32.8 Å². The second-order valence-electron chi connectivity index (χ2n) is 11.6. The number of hydrogen-bond donors (Lipinski definition) is 1. The van der Waals surface area contributed by atoms with E-state index >= 15 is 0 Å². The van der Waals surface area contributed by atoms with E-state index in [1.807, 2.05) is 13.0 Å². The number of hydrogen-bond acceptors (Lipinski definition) is 7. The van der Waals surface area contributed by atoms with Gasteiger partial charge in [-0.05, 0) is 61.9 Å². The lowest BCUT2D eigenvalue weighted by molar-refractivity contribution is -0.117. The summed E-state index contributed by atoms with van der Waals surface area (Å²) in [5.74, 6) is -1.07. The van der Waals surface area contributed by atoms with E-state index in [0.717, 1.165) is 48.8 Å². The molecule has 1 heterocycles. The number of nitrogens with one attached hydrogen (secondary N) is 1. The number of carbonyl (C=O) groups is 3. The van der Waals surface area contributed by atoms with Crippen molar-refractivity contribution in [2.75, 3.05) is 31.0 Å². The minimum atomic E-state index is -3.64. The highest BCUT2D eigenvalue weighted by atomic mass is 32.2. The van der Waals surface area contributed by atoms with Gasteiger partial charge in [-0.15, -0.1) is 0 Å². The molecule has 4 rings (SSSR count). The Balaban J connectivity index is 1.71. The van der Waals surface area contributed by atoms with Crippen LogP contribution in [0.25, 0.3) is 0 Å². The van der Waals surface area contributed by atoms with Crippen LogP contribution >= 0.6 is 0 Å². The summed E-state index contributed by atoms with van der Waals surface area (Å²) in [5, 5.41) is 2.87. The first-order valence-corrected chi connectivity index (χ1v) is 17.5. The monoisotopic (exact) mass is 612 g/mol. The number of amides is 3. The first-order chi connectivity index (χ1) is 20.6. The third-order valence-corrected chi connectivity index (χ3v) is 8.98. The highest BCUT2D eigenvalue weighted by Gasteiger charge is 2.45. The summed E-state index contributed by atoms with van der Waals surface area (Å²) in [7, 11) is -2.14. The van der Waals surface area contributed by atoms with E-state index in [0.29, 0.717) is 35.8 Å². The minimum Gasteiger partial charge on any atom is -0.493 e. The van der Waals surface area contributed by atoms with Gasteiger partial charge in [0.1, 0.15) is 9.84 Å². The summed E-state index contributed by atoms with van der Waals surface area (Å²) < 4.78 is 36.4. The van der Waals surface area contributed by atoms with Crippen molar-refractivity contribution in [2.45, 2.75) is 84.1 Å². The zero-order valence-electron chi connectivity index (χ0n) is 25.7. The Hall–Kier alpha value is -3.40. The van der Waals surface area contributed by atoms with Crippen LogP contribution in [0.4, 0.5) is 5.69 Å². The number of aryl methyl sites for hydroxylation is 1. The molecule has 3 amide bonds. The topological polar surface area (TPSA) is 119 Å². The molecule has 0 spiro atoms. The quantitative estimate of drug-likeness (QED) is 0.169. The fraction of sp³-hybridized carbons (Fsp3) is 0.545. The molecule has 1 aliphatic carbocycles. The standard InChI is InChI=1S/C33H44N2O7S/c1-5-7-8-9-10-11-12-13-22-16-18-25(34-31(36)23-14-15-23)30-29(22)32(37)35(33(30)38)26(21-43(4,39)40)24-17-19-27(41-3)28(20-24)42-6-2/h16-20,23,26H,5-15,21H2,1-4H3,(H,34,36)/t26-/m1/s1. The summed E-state index contributed by atoms with van der Waals surface area (Å²) in [6.45, 7) is 4.34. The molecule has 0 bridgehead atoms. The van der Waals surface area contributed by atoms with Crippen LogP contribution in [-0.2, 0) is 21.1 Å². The number of ether oxygens (including phenoxy) is 2. The normalized spacial score (nSPS) is 15.4. The van der Waals surface area contributed by atoms with Crippen LogP contribution < -0.4 is 14.8 Å². The maximum atomic E-state index is 14.2. The van der Waals surface area contributed by atoms with Gasteiger partial charge in [0.05, 0.1) is 42.3 Å². The van der Waals surface area contributed by atoms with Crippen LogP contribution in [-0.4, -0.2) is 56.8 Å². The number of methoxy groups -OCH3 is 1. The molecule has 2 aliphatic rings. The van der Waals surface area contributed by atoms with Gasteiger partial charge in [0.25, 0.3) is 11.8 Å². The molecule has 1 atom stereocenters. The average molecular weight is 613 g/mol. The lowest BCUT2D eigenvalue weighted by Gasteiger charge is -2.27. The van der Waals surface area contributed by atoms with Crippen molar-refractivity contribution >= 4 is 33.2 Å². The molecule has 43 heavy (non-hydrogen) atoms. The molecule has 1 saturated carbocycles. The van der Waals surface area contributed by atoms with Crippen molar-refractivity contribution in [3.8, 4) is 11.5 Å². The molecule has 1 aliphatic heterocycles. The van der Waals surface area contributed by atoms with E-state index in [-0.39, 0.29) is 23.0 Å². The molecule has 0 radical (unpaired) electrons. The third kappa shape index (κ3) is 7.96. The van der Waals surface area contributed by atoms with Gasteiger partial charge in [-0.3, -0.25) is 19.3 Å². The number of anilines is 1. The van der Waals surface area contributed by atoms with E-state index in [1.54, 1.807) is 24.3 Å². The summed E-state index contributed by atoms with van der Waals surface area (Å²) in [6.07, 6.45) is 11.0. The van der Waals surface area contributed by atoms with E-state index in [9.17, 15) is 22.8 Å². The molecule has 2 aromatic rings. The number of fused-ring (bicyclic) bond motifs is 1. The number of imide groups is 1. The highest BCUT2D eigenvalue weighted by Crippen LogP contribution is 2.41. The molecule has 9 nitrogen and oxygen atoms in total. The summed E-state index contributed by atoms with van der Waals surface area (Å²) in [4.78, 5) is 42.1. The Morgan fingerprint density at radius 1 is 0.953 bits per heavy atom. The molecule has 10 heteroatoms. The molecular formula is C33H44N2O7S. The van der Waals surface area contributed by atoms with E-state index in [2.05, 4.69) is 12.2 Å². The third-order valence-electron chi connectivity index (χ3n) is 8.06. The average Bonchev–Trinajstić information content (AvgIpc) is 3.78. The molecule has 1 N–H and O–H groups in total. The van der Waals surface area contributed by atoms with Crippen LogP contribution in [0.1, 0.15) is 110 Å². The molecule has 0 unspecified atom stereocenters. The van der Waals surface area contributed by atoms with Gasteiger partial charge in [-0.25, -0.2) is 8.42 Å². The molecule has 234 valence electrons. The Labute approximate surface area is 255 Å². The van der Waals surface area contributed by atoms with Crippen molar-refractivity contribution in [2.24, 2.45) is 5.92 Å². The number of rotatable bonds is 17. The summed E-state index contributed by atoms with van der Waals surface area (Å²) in [6, 6.07) is 7.33. The maximum absolute atomic E-state index is 14.2. The van der Waals surface area contributed by atoms with Gasteiger partial charge in [-0.1, -0.05) is 57.6 Å². The second-order valence-corrected chi connectivity index (χ2v) is 13.8.